The number of nitrogens with zero attached hydrogens (tertiary/aromatic N) is 2. The molecule has 0 spiro atoms. The Balaban J connectivity index is 1.93. The number of imidazole rings is 1. The van der Waals surface area contributed by atoms with Crippen molar-refractivity contribution in [3.63, 3.8) is 0 Å². The average Bonchev–Trinajstić information content (AvgIpc) is 2.81. The van der Waals surface area contributed by atoms with Crippen LogP contribution in [0.25, 0.3) is 0 Å². The van der Waals surface area contributed by atoms with Gasteiger partial charge in [-0.15, -0.1) is 0 Å². The van der Waals surface area contributed by atoms with Crippen LogP contribution in [0.5, 0.6) is 0 Å². The third kappa shape index (κ3) is 4.50. The van der Waals surface area contributed by atoms with Gasteiger partial charge in [0.1, 0.15) is 0 Å². The number of nitrogens with one attached hydrogen (secondary N) is 1. The van der Waals surface area contributed by atoms with Gasteiger partial charge in [-0.25, -0.2) is 18.1 Å². The van der Waals surface area contributed by atoms with Crippen molar-refractivity contribution in [1.29, 1.82) is 0 Å². The largest absolute Gasteiger partial charge is 0.336 e. The van der Waals surface area contributed by atoms with Crippen molar-refractivity contribution in [2.24, 2.45) is 0 Å². The van der Waals surface area contributed by atoms with Gasteiger partial charge >= 0.3 is 0 Å². The lowest BCUT2D eigenvalue weighted by atomic mass is 10.2. The van der Waals surface area contributed by atoms with Gasteiger partial charge in [0.05, 0.1) is 12.1 Å². The van der Waals surface area contributed by atoms with Crippen LogP contribution in [0, 0.1) is 0 Å². The molecule has 2 aromatic rings. The minimum absolute atomic E-state index is 0.00209. The van der Waals surface area contributed by atoms with E-state index in [9.17, 15) is 8.42 Å². The van der Waals surface area contributed by atoms with Crippen LogP contribution >= 0.6 is 0 Å². The standard InChI is InChI=1S/C13H17N3O2S/c1-12(9-16-8-7-14-11-16)15-19(17,18)10-13-5-3-2-4-6-13/h2-8,11-12,15H,9-10H2,1H3/t12-/m0/s1. The summed E-state index contributed by atoms with van der Waals surface area (Å²) in [4.78, 5) is 3.93. The Labute approximate surface area is 113 Å². The van der Waals surface area contributed by atoms with E-state index in [0.717, 1.165) is 5.56 Å². The molecule has 1 N–H and O–H groups in total. The molecule has 6 heteroatoms. The maximum atomic E-state index is 12.0. The van der Waals surface area contributed by atoms with Crippen LogP contribution in [0.1, 0.15) is 12.5 Å². The molecule has 0 aliphatic carbocycles. The van der Waals surface area contributed by atoms with Crippen LogP contribution < -0.4 is 4.72 Å². The van der Waals surface area contributed by atoms with E-state index in [-0.39, 0.29) is 11.8 Å². The van der Waals surface area contributed by atoms with Gasteiger partial charge in [0, 0.05) is 25.0 Å². The molecule has 1 heterocycles. The zero-order chi connectivity index (χ0) is 13.7. The molecule has 1 aromatic carbocycles. The molecule has 0 saturated carbocycles. The molecular weight excluding hydrogens is 262 g/mol. The molecule has 0 aliphatic rings. The summed E-state index contributed by atoms with van der Waals surface area (Å²) in [6, 6.07) is 8.97. The first-order valence-corrected chi connectivity index (χ1v) is 7.70. The Morgan fingerprint density at radius 3 is 2.68 bits per heavy atom. The lowest BCUT2D eigenvalue weighted by Gasteiger charge is -2.14. The summed E-state index contributed by atoms with van der Waals surface area (Å²) in [5, 5.41) is 0. The van der Waals surface area contributed by atoms with E-state index >= 15 is 0 Å². The molecule has 102 valence electrons. The molecule has 0 unspecified atom stereocenters. The van der Waals surface area contributed by atoms with Crippen molar-refractivity contribution in [2.75, 3.05) is 0 Å². The molecule has 5 nitrogen and oxygen atoms in total. The molecule has 1 aromatic heterocycles. The first-order chi connectivity index (χ1) is 9.05. The summed E-state index contributed by atoms with van der Waals surface area (Å²) in [6.45, 7) is 2.40. The lowest BCUT2D eigenvalue weighted by molar-refractivity contribution is 0.520. The molecule has 0 fully saturated rings. The number of hydrogen-bond donors (Lipinski definition) is 1. The summed E-state index contributed by atoms with van der Waals surface area (Å²) in [7, 11) is -3.32. The van der Waals surface area contributed by atoms with Gasteiger partial charge in [-0.3, -0.25) is 0 Å². The Bertz CT molecular complexity index is 594. The van der Waals surface area contributed by atoms with Gasteiger partial charge < -0.3 is 4.57 Å². The second-order valence-electron chi connectivity index (χ2n) is 4.52. The molecule has 2 rings (SSSR count). The van der Waals surface area contributed by atoms with Crippen LogP contribution in [0.4, 0.5) is 0 Å². The fourth-order valence-electron chi connectivity index (χ4n) is 1.89. The van der Waals surface area contributed by atoms with E-state index in [0.29, 0.717) is 6.54 Å². The van der Waals surface area contributed by atoms with Crippen LogP contribution in [0.2, 0.25) is 0 Å². The SMILES string of the molecule is C[C@@H](Cn1ccnc1)NS(=O)(=O)Cc1ccccc1. The van der Waals surface area contributed by atoms with Crippen molar-refractivity contribution < 1.29 is 8.42 Å². The summed E-state index contributed by atoms with van der Waals surface area (Å²) < 4.78 is 28.5. The number of rotatable bonds is 6. The molecule has 0 amide bonds. The third-order valence-electron chi connectivity index (χ3n) is 2.62. The van der Waals surface area contributed by atoms with E-state index in [1.165, 1.54) is 0 Å². The fraction of sp³-hybridized carbons (Fsp3) is 0.308. The number of sulfonamides is 1. The molecular formula is C13H17N3O2S. The van der Waals surface area contributed by atoms with Crippen LogP contribution in [0.3, 0.4) is 0 Å². The van der Waals surface area contributed by atoms with Crippen LogP contribution in [-0.2, 0) is 22.3 Å². The fourth-order valence-corrected chi connectivity index (χ4v) is 3.29. The minimum Gasteiger partial charge on any atom is -0.336 e. The van der Waals surface area contributed by atoms with E-state index in [1.54, 1.807) is 24.7 Å². The third-order valence-corrected chi connectivity index (χ3v) is 4.10. The smallest absolute Gasteiger partial charge is 0.216 e. The van der Waals surface area contributed by atoms with Crippen LogP contribution in [0.15, 0.2) is 49.1 Å². The molecule has 0 radical (unpaired) electrons. The van der Waals surface area contributed by atoms with Gasteiger partial charge in [0.25, 0.3) is 0 Å². The van der Waals surface area contributed by atoms with E-state index < -0.39 is 10.0 Å². The predicted octanol–water partition coefficient (Wildman–Crippen LogP) is 1.39. The second kappa shape index (κ2) is 5.99. The van der Waals surface area contributed by atoms with E-state index in [4.69, 9.17) is 0 Å². The highest BCUT2D eigenvalue weighted by Crippen LogP contribution is 2.05. The maximum Gasteiger partial charge on any atom is 0.216 e. The zero-order valence-corrected chi connectivity index (χ0v) is 11.5. The summed E-state index contributed by atoms with van der Waals surface area (Å²) in [5.41, 5.74) is 0.782. The number of aromatic nitrogens is 2. The van der Waals surface area contributed by atoms with Gasteiger partial charge in [0.15, 0.2) is 0 Å². The van der Waals surface area contributed by atoms with Crippen molar-refractivity contribution in [1.82, 2.24) is 14.3 Å². The molecule has 19 heavy (non-hydrogen) atoms. The highest BCUT2D eigenvalue weighted by Gasteiger charge is 2.15. The summed E-state index contributed by atoms with van der Waals surface area (Å²) >= 11 is 0. The lowest BCUT2D eigenvalue weighted by Crippen LogP contribution is -2.36. The topological polar surface area (TPSA) is 64.0 Å². The predicted molar refractivity (Wildman–Crippen MR) is 73.9 cm³/mol. The second-order valence-corrected chi connectivity index (χ2v) is 6.28. The van der Waals surface area contributed by atoms with Gasteiger partial charge in [-0.2, -0.15) is 0 Å². The zero-order valence-electron chi connectivity index (χ0n) is 10.7. The first kappa shape index (κ1) is 13.8. The Kier molecular flexibility index (Phi) is 4.34. The average molecular weight is 279 g/mol. The van der Waals surface area contributed by atoms with E-state index in [2.05, 4.69) is 9.71 Å². The Hall–Kier alpha value is -1.66. The highest BCUT2D eigenvalue weighted by atomic mass is 32.2. The molecule has 0 saturated heterocycles. The van der Waals surface area contributed by atoms with Gasteiger partial charge in [-0.1, -0.05) is 30.3 Å². The van der Waals surface area contributed by atoms with Crippen LogP contribution in [-0.4, -0.2) is 24.0 Å². The quantitative estimate of drug-likeness (QED) is 0.869. The maximum absolute atomic E-state index is 12.0. The normalized spacial score (nSPS) is 13.3. The Morgan fingerprint density at radius 2 is 2.05 bits per heavy atom. The van der Waals surface area contributed by atoms with Crippen molar-refractivity contribution in [3.8, 4) is 0 Å². The molecule has 0 aliphatic heterocycles. The minimum atomic E-state index is -3.32. The number of benzene rings is 1. The summed E-state index contributed by atoms with van der Waals surface area (Å²) in [5.74, 6) is 0.00209. The monoisotopic (exact) mass is 279 g/mol. The van der Waals surface area contributed by atoms with Crippen molar-refractivity contribution >= 4 is 10.0 Å². The van der Waals surface area contributed by atoms with Gasteiger partial charge in [0.2, 0.25) is 10.0 Å². The summed E-state index contributed by atoms with van der Waals surface area (Å²) in [6.07, 6.45) is 5.15. The Morgan fingerprint density at radius 1 is 1.32 bits per heavy atom. The molecule has 0 bridgehead atoms. The van der Waals surface area contributed by atoms with Crippen molar-refractivity contribution in [2.45, 2.75) is 25.3 Å². The van der Waals surface area contributed by atoms with Gasteiger partial charge in [-0.05, 0) is 12.5 Å². The number of hydrogen-bond acceptors (Lipinski definition) is 3. The van der Waals surface area contributed by atoms with E-state index in [1.807, 2.05) is 35.9 Å². The highest BCUT2D eigenvalue weighted by molar-refractivity contribution is 7.88. The first-order valence-electron chi connectivity index (χ1n) is 6.05. The van der Waals surface area contributed by atoms with Crippen molar-refractivity contribution in [3.05, 3.63) is 54.6 Å². The molecule has 1 atom stereocenters.